The minimum atomic E-state index is -1.08. The molecule has 1 aromatic heterocycles. The van der Waals surface area contributed by atoms with E-state index in [4.69, 9.17) is 27.9 Å². The molecule has 9 heteroatoms. The van der Waals surface area contributed by atoms with E-state index in [0.717, 1.165) is 11.8 Å². The molecule has 0 saturated heterocycles. The van der Waals surface area contributed by atoms with Crippen LogP contribution >= 0.6 is 35.0 Å². The molecule has 3 aromatic rings. The lowest BCUT2D eigenvalue weighted by molar-refractivity contribution is -0.131. The first-order valence-corrected chi connectivity index (χ1v) is 9.18. The quantitative estimate of drug-likeness (QED) is 0.429. The Morgan fingerprint density at radius 3 is 2.56 bits per heavy atom. The summed E-state index contributed by atoms with van der Waals surface area (Å²) in [4.78, 5) is 16.0. The van der Waals surface area contributed by atoms with E-state index in [9.17, 15) is 9.90 Å². The Morgan fingerprint density at radius 2 is 1.89 bits per heavy atom. The second kappa shape index (κ2) is 8.47. The average molecular weight is 422 g/mol. The molecular formula is C18H13Cl2N3O3S. The van der Waals surface area contributed by atoms with Crippen molar-refractivity contribution in [2.24, 2.45) is 0 Å². The number of aromatic nitrogens is 3. The number of aromatic amines is 1. The van der Waals surface area contributed by atoms with Crippen LogP contribution in [-0.2, 0) is 4.79 Å². The lowest BCUT2D eigenvalue weighted by Crippen LogP contribution is -1.97. The van der Waals surface area contributed by atoms with Gasteiger partial charge in [0.05, 0.1) is 12.7 Å². The molecule has 0 radical (unpaired) electrons. The SMILES string of the molecule is COc1ccc(Cl)cc1-c1nc(S/C(=C\c2ccc(Cl)cc2)C(=O)O)n[nH]1. The summed E-state index contributed by atoms with van der Waals surface area (Å²) in [6, 6.07) is 11.9. The number of halogens is 2. The van der Waals surface area contributed by atoms with Gasteiger partial charge < -0.3 is 9.84 Å². The van der Waals surface area contributed by atoms with Crippen molar-refractivity contribution in [3.8, 4) is 17.1 Å². The van der Waals surface area contributed by atoms with E-state index in [2.05, 4.69) is 15.2 Å². The molecule has 138 valence electrons. The van der Waals surface area contributed by atoms with Gasteiger partial charge in [0.1, 0.15) is 10.7 Å². The molecule has 1 heterocycles. The molecule has 0 fully saturated rings. The number of thioether (sulfide) groups is 1. The molecule has 0 amide bonds. The number of hydrogen-bond donors (Lipinski definition) is 2. The molecule has 0 aliphatic heterocycles. The molecule has 0 aliphatic rings. The Labute approximate surface area is 169 Å². The van der Waals surface area contributed by atoms with Crippen molar-refractivity contribution < 1.29 is 14.6 Å². The Morgan fingerprint density at radius 1 is 1.19 bits per heavy atom. The van der Waals surface area contributed by atoms with Crippen molar-refractivity contribution in [3.05, 3.63) is 63.0 Å². The fourth-order valence-corrected chi connectivity index (χ4v) is 3.23. The number of carboxylic acid groups (broad SMARTS) is 1. The zero-order valence-electron chi connectivity index (χ0n) is 13.9. The molecule has 0 bridgehead atoms. The number of carboxylic acids is 1. The van der Waals surface area contributed by atoms with Gasteiger partial charge in [-0.25, -0.2) is 9.78 Å². The number of aliphatic carboxylic acids is 1. The van der Waals surface area contributed by atoms with E-state index < -0.39 is 5.97 Å². The number of rotatable bonds is 6. The van der Waals surface area contributed by atoms with E-state index in [1.54, 1.807) is 42.5 Å². The third-order valence-corrected chi connectivity index (χ3v) is 4.83. The number of methoxy groups -OCH3 is 1. The first-order chi connectivity index (χ1) is 13.0. The average Bonchev–Trinajstić information content (AvgIpc) is 3.11. The third kappa shape index (κ3) is 4.82. The van der Waals surface area contributed by atoms with Gasteiger partial charge >= 0.3 is 5.97 Å². The van der Waals surface area contributed by atoms with Gasteiger partial charge in [0, 0.05) is 10.0 Å². The van der Waals surface area contributed by atoms with Crippen LogP contribution in [-0.4, -0.2) is 33.4 Å². The van der Waals surface area contributed by atoms with Crippen LogP contribution in [0, 0.1) is 0 Å². The summed E-state index contributed by atoms with van der Waals surface area (Å²) in [7, 11) is 1.54. The molecular weight excluding hydrogens is 409 g/mol. The Kier molecular flexibility index (Phi) is 6.05. The van der Waals surface area contributed by atoms with Crippen LogP contribution in [0.1, 0.15) is 5.56 Å². The largest absolute Gasteiger partial charge is 0.496 e. The molecule has 27 heavy (non-hydrogen) atoms. The number of nitrogens with zero attached hydrogens (tertiary/aromatic N) is 2. The molecule has 0 unspecified atom stereocenters. The van der Waals surface area contributed by atoms with Gasteiger partial charge in [-0.05, 0) is 53.7 Å². The van der Waals surface area contributed by atoms with E-state index >= 15 is 0 Å². The number of carbonyl (C=O) groups is 1. The van der Waals surface area contributed by atoms with Gasteiger partial charge in [0.2, 0.25) is 5.16 Å². The zero-order valence-corrected chi connectivity index (χ0v) is 16.3. The van der Waals surface area contributed by atoms with Crippen molar-refractivity contribution in [1.82, 2.24) is 15.2 Å². The first kappa shape index (κ1) is 19.3. The summed E-state index contributed by atoms with van der Waals surface area (Å²) in [5, 5.41) is 17.7. The summed E-state index contributed by atoms with van der Waals surface area (Å²) in [5.41, 5.74) is 1.33. The van der Waals surface area contributed by atoms with Crippen molar-refractivity contribution >= 4 is 47.0 Å². The number of hydrogen-bond acceptors (Lipinski definition) is 5. The van der Waals surface area contributed by atoms with E-state index in [0.29, 0.717) is 32.7 Å². The third-order valence-electron chi connectivity index (χ3n) is 3.46. The highest BCUT2D eigenvalue weighted by Crippen LogP contribution is 2.32. The standard InChI is InChI=1S/C18H13Cl2N3O3S/c1-26-14-7-6-12(20)9-13(14)16-21-18(23-22-16)27-15(17(24)25)8-10-2-4-11(19)5-3-10/h2-9H,1H3,(H,24,25)(H,21,22,23)/b15-8-. The van der Waals surface area contributed by atoms with Crippen LogP contribution in [0.3, 0.4) is 0 Å². The summed E-state index contributed by atoms with van der Waals surface area (Å²) >= 11 is 12.8. The van der Waals surface area contributed by atoms with Gasteiger partial charge in [-0.3, -0.25) is 5.10 Å². The molecule has 0 aliphatic carbocycles. The lowest BCUT2D eigenvalue weighted by atomic mass is 10.2. The van der Waals surface area contributed by atoms with Crippen molar-refractivity contribution in [2.45, 2.75) is 5.16 Å². The topological polar surface area (TPSA) is 88.1 Å². The fraction of sp³-hybridized carbons (Fsp3) is 0.0556. The Balaban J connectivity index is 1.88. The van der Waals surface area contributed by atoms with Crippen LogP contribution in [0.25, 0.3) is 17.5 Å². The van der Waals surface area contributed by atoms with E-state index in [1.807, 2.05) is 0 Å². The molecule has 6 nitrogen and oxygen atoms in total. The maximum absolute atomic E-state index is 11.6. The summed E-state index contributed by atoms with van der Waals surface area (Å²) < 4.78 is 5.30. The van der Waals surface area contributed by atoms with Crippen molar-refractivity contribution in [3.63, 3.8) is 0 Å². The van der Waals surface area contributed by atoms with Gasteiger partial charge in [0.15, 0.2) is 5.82 Å². The maximum atomic E-state index is 11.6. The lowest BCUT2D eigenvalue weighted by Gasteiger charge is -2.05. The first-order valence-electron chi connectivity index (χ1n) is 7.61. The van der Waals surface area contributed by atoms with Gasteiger partial charge in [-0.1, -0.05) is 35.3 Å². The Hall–Kier alpha value is -2.48. The fourth-order valence-electron chi connectivity index (χ4n) is 2.22. The van der Waals surface area contributed by atoms with Crippen LogP contribution in [0.4, 0.5) is 0 Å². The van der Waals surface area contributed by atoms with Crippen LogP contribution in [0.15, 0.2) is 52.5 Å². The minimum Gasteiger partial charge on any atom is -0.496 e. The highest BCUT2D eigenvalue weighted by Gasteiger charge is 2.16. The molecule has 0 saturated carbocycles. The number of ether oxygens (including phenoxy) is 1. The van der Waals surface area contributed by atoms with Gasteiger partial charge in [-0.2, -0.15) is 0 Å². The predicted octanol–water partition coefficient (Wildman–Crippen LogP) is 5.00. The predicted molar refractivity (Wildman–Crippen MR) is 106 cm³/mol. The second-order valence-corrected chi connectivity index (χ2v) is 7.16. The number of nitrogens with one attached hydrogen (secondary N) is 1. The maximum Gasteiger partial charge on any atom is 0.342 e. The molecule has 3 rings (SSSR count). The molecule has 0 spiro atoms. The van der Waals surface area contributed by atoms with Crippen molar-refractivity contribution in [2.75, 3.05) is 7.11 Å². The smallest absolute Gasteiger partial charge is 0.342 e. The summed E-state index contributed by atoms with van der Waals surface area (Å²) in [6.45, 7) is 0. The minimum absolute atomic E-state index is 0.0703. The van der Waals surface area contributed by atoms with E-state index in [1.165, 1.54) is 13.2 Å². The zero-order chi connectivity index (χ0) is 19.4. The molecule has 2 aromatic carbocycles. The number of H-pyrrole nitrogens is 1. The van der Waals surface area contributed by atoms with Crippen LogP contribution in [0.5, 0.6) is 5.75 Å². The number of benzene rings is 2. The van der Waals surface area contributed by atoms with Crippen LogP contribution in [0.2, 0.25) is 10.0 Å². The summed E-state index contributed by atoms with van der Waals surface area (Å²) in [6.07, 6.45) is 1.53. The Bertz CT molecular complexity index is 1000. The van der Waals surface area contributed by atoms with Crippen molar-refractivity contribution in [1.29, 1.82) is 0 Å². The highest BCUT2D eigenvalue weighted by molar-refractivity contribution is 8.04. The molecule has 2 N–H and O–H groups in total. The molecule has 0 atom stereocenters. The monoisotopic (exact) mass is 421 g/mol. The van der Waals surface area contributed by atoms with Gasteiger partial charge in [-0.15, -0.1) is 5.10 Å². The second-order valence-electron chi connectivity index (χ2n) is 5.28. The summed E-state index contributed by atoms with van der Waals surface area (Å²) in [5.74, 6) is -0.0861. The van der Waals surface area contributed by atoms with Gasteiger partial charge in [0.25, 0.3) is 0 Å². The van der Waals surface area contributed by atoms with Crippen LogP contribution < -0.4 is 4.74 Å². The van der Waals surface area contributed by atoms with E-state index in [-0.39, 0.29) is 10.1 Å². The highest BCUT2D eigenvalue weighted by atomic mass is 35.5. The normalized spacial score (nSPS) is 11.4.